The minimum absolute atomic E-state index is 0.0237. The molecule has 1 aromatic rings. The van der Waals surface area contributed by atoms with Crippen molar-refractivity contribution < 1.29 is 13.5 Å². The number of nitrogens with one attached hydrogen (secondary N) is 1. The number of diazo groups is 1. The van der Waals surface area contributed by atoms with E-state index >= 15 is 0 Å². The second kappa shape index (κ2) is 5.63. The Kier molecular flexibility index (Phi) is 4.45. The fourth-order valence-electron chi connectivity index (χ4n) is 0.978. The Morgan fingerprint density at radius 2 is 2.06 bits per heavy atom. The summed E-state index contributed by atoms with van der Waals surface area (Å²) < 4.78 is 25.5. The van der Waals surface area contributed by atoms with Crippen LogP contribution in [0.2, 0.25) is 5.02 Å². The van der Waals surface area contributed by atoms with Crippen LogP contribution in [-0.2, 0) is 10.0 Å². The molecule has 0 aliphatic rings. The number of benzene rings is 1. The maximum absolute atomic E-state index is 11.7. The Labute approximate surface area is 103 Å². The molecule has 0 aliphatic heterocycles. The van der Waals surface area contributed by atoms with Crippen LogP contribution in [0.1, 0.15) is 0 Å². The first-order chi connectivity index (χ1) is 7.95. The summed E-state index contributed by atoms with van der Waals surface area (Å²) in [7, 11) is -3.72. The first-order valence-corrected chi connectivity index (χ1v) is 6.29. The van der Waals surface area contributed by atoms with Crippen molar-refractivity contribution in [1.82, 2.24) is 4.72 Å². The van der Waals surface area contributed by atoms with Gasteiger partial charge >= 0.3 is 6.20 Å². The van der Waals surface area contributed by atoms with Crippen molar-refractivity contribution in [3.8, 4) is 0 Å². The zero-order chi connectivity index (χ0) is 12.9. The number of nitrogens with zero attached hydrogens (tertiary/aromatic N) is 2. The fourth-order valence-corrected chi connectivity index (χ4v) is 2.10. The van der Waals surface area contributed by atoms with E-state index in [0.29, 0.717) is 5.02 Å². The van der Waals surface area contributed by atoms with Gasteiger partial charge in [0.25, 0.3) is 0 Å². The van der Waals surface area contributed by atoms with Crippen molar-refractivity contribution in [2.75, 3.05) is 6.54 Å². The lowest BCUT2D eigenvalue weighted by molar-refractivity contribution is 0.397. The van der Waals surface area contributed by atoms with Crippen LogP contribution < -0.4 is 4.72 Å². The minimum atomic E-state index is -3.72. The van der Waals surface area contributed by atoms with Gasteiger partial charge in [0.1, 0.15) is 0 Å². The second-order valence-electron chi connectivity index (χ2n) is 3.01. The lowest BCUT2D eigenvalue weighted by atomic mass is 10.4. The van der Waals surface area contributed by atoms with E-state index in [4.69, 9.17) is 22.1 Å². The highest BCUT2D eigenvalue weighted by Gasteiger charge is 2.14. The molecule has 6 nitrogen and oxygen atoms in total. The third-order valence-corrected chi connectivity index (χ3v) is 3.44. The zero-order valence-corrected chi connectivity index (χ0v) is 10.1. The van der Waals surface area contributed by atoms with Crippen LogP contribution >= 0.6 is 11.6 Å². The molecule has 0 saturated carbocycles. The van der Waals surface area contributed by atoms with Crippen LogP contribution in [0.25, 0.3) is 4.98 Å². The molecular weight excluding hydrogens is 266 g/mol. The van der Waals surface area contributed by atoms with Crippen LogP contribution in [0.3, 0.4) is 0 Å². The molecule has 0 fully saturated rings. The Balaban J connectivity index is 2.80. The van der Waals surface area contributed by atoms with Gasteiger partial charge in [-0.15, -0.1) is 0 Å². The van der Waals surface area contributed by atoms with Gasteiger partial charge in [0, 0.05) is 5.02 Å². The topological polar surface area (TPSA) is 94.5 Å². The van der Waals surface area contributed by atoms with Crippen molar-refractivity contribution in [2.24, 2.45) is 0 Å². The molecule has 0 bridgehead atoms. The SMILES string of the molecule is N#[N+]C=C(O)CNS(=O)(=O)c1ccc(Cl)cc1. The van der Waals surface area contributed by atoms with Gasteiger partial charge in [-0.05, 0) is 24.3 Å². The molecule has 0 aromatic heterocycles. The summed E-state index contributed by atoms with van der Waals surface area (Å²) in [6, 6.07) is 5.55. The summed E-state index contributed by atoms with van der Waals surface area (Å²) in [6.07, 6.45) is 0.727. The molecule has 1 rings (SSSR count). The quantitative estimate of drug-likeness (QED) is 0.647. The molecule has 0 aliphatic carbocycles. The van der Waals surface area contributed by atoms with E-state index in [-0.39, 0.29) is 11.4 Å². The van der Waals surface area contributed by atoms with Crippen molar-refractivity contribution in [2.45, 2.75) is 4.90 Å². The van der Waals surface area contributed by atoms with E-state index in [0.717, 1.165) is 6.20 Å². The van der Waals surface area contributed by atoms with Gasteiger partial charge in [0.2, 0.25) is 15.4 Å². The number of sulfonamides is 1. The lowest BCUT2D eigenvalue weighted by Crippen LogP contribution is -2.25. The molecule has 1 aromatic carbocycles. The Morgan fingerprint density at radius 1 is 1.47 bits per heavy atom. The van der Waals surface area contributed by atoms with Crippen molar-refractivity contribution in [3.63, 3.8) is 0 Å². The molecule has 0 atom stereocenters. The third-order valence-electron chi connectivity index (χ3n) is 1.77. The second-order valence-corrected chi connectivity index (χ2v) is 5.22. The molecule has 17 heavy (non-hydrogen) atoms. The van der Waals surface area contributed by atoms with E-state index in [1.807, 2.05) is 0 Å². The summed E-state index contributed by atoms with van der Waals surface area (Å²) in [5.74, 6) is -0.412. The molecular formula is C9H9ClN3O3S+. The Bertz CT molecular complexity index is 560. The van der Waals surface area contributed by atoms with Gasteiger partial charge in [-0.2, -0.15) is 0 Å². The lowest BCUT2D eigenvalue weighted by Gasteiger charge is -2.04. The zero-order valence-electron chi connectivity index (χ0n) is 8.54. The number of halogens is 1. The third kappa shape index (κ3) is 4.03. The van der Waals surface area contributed by atoms with E-state index in [1.165, 1.54) is 24.3 Å². The van der Waals surface area contributed by atoms with Crippen LogP contribution in [0.5, 0.6) is 0 Å². The van der Waals surface area contributed by atoms with Gasteiger partial charge in [-0.1, -0.05) is 11.6 Å². The number of aliphatic hydroxyl groups excluding tert-OH is 1. The molecule has 0 unspecified atom stereocenters. The summed E-state index contributed by atoms with van der Waals surface area (Å²) in [6.45, 7) is -0.366. The summed E-state index contributed by atoms with van der Waals surface area (Å²) in [5.41, 5.74) is 0. The van der Waals surface area contributed by atoms with Crippen molar-refractivity contribution in [1.29, 1.82) is 5.39 Å². The van der Waals surface area contributed by atoms with Gasteiger partial charge in [-0.3, -0.25) is 0 Å². The molecule has 0 radical (unpaired) electrons. The first kappa shape index (κ1) is 13.4. The van der Waals surface area contributed by atoms with Crippen molar-refractivity contribution >= 4 is 21.6 Å². The van der Waals surface area contributed by atoms with E-state index in [1.54, 1.807) is 0 Å². The van der Waals surface area contributed by atoms with Gasteiger partial charge in [0.05, 0.1) is 11.4 Å². The van der Waals surface area contributed by atoms with E-state index in [2.05, 4.69) is 9.70 Å². The summed E-state index contributed by atoms with van der Waals surface area (Å²) in [4.78, 5) is 2.58. The van der Waals surface area contributed by atoms with Crippen molar-refractivity contribution in [3.05, 3.63) is 46.2 Å². The molecule has 2 N–H and O–H groups in total. The normalized spacial score (nSPS) is 12.1. The first-order valence-electron chi connectivity index (χ1n) is 4.43. The molecule has 0 heterocycles. The number of aliphatic hydroxyl groups is 1. The maximum Gasteiger partial charge on any atom is 0.388 e. The van der Waals surface area contributed by atoms with Gasteiger partial charge in [-0.25, -0.2) is 13.1 Å². The summed E-state index contributed by atoms with van der Waals surface area (Å²) in [5, 5.41) is 17.6. The average molecular weight is 275 g/mol. The smallest absolute Gasteiger partial charge is 0.388 e. The number of hydrogen-bond donors (Lipinski definition) is 2. The molecule has 0 saturated heterocycles. The highest BCUT2D eigenvalue weighted by Crippen LogP contribution is 2.13. The number of rotatable bonds is 4. The predicted octanol–water partition coefficient (Wildman–Crippen LogP) is 1.87. The monoisotopic (exact) mass is 274 g/mol. The summed E-state index contributed by atoms with van der Waals surface area (Å²) >= 11 is 5.63. The Morgan fingerprint density at radius 3 is 2.59 bits per heavy atom. The highest BCUT2D eigenvalue weighted by atomic mass is 35.5. The standard InChI is InChI=1S/C9H8ClN3O3S/c10-7-1-3-9(4-2-7)17(15,16)13-6-8(14)5-12-11/h1-5,13H,6H2/p+1. The van der Waals surface area contributed by atoms with E-state index in [9.17, 15) is 8.42 Å². The maximum atomic E-state index is 11.7. The van der Waals surface area contributed by atoms with Gasteiger partial charge < -0.3 is 5.11 Å². The molecule has 8 heteroatoms. The van der Waals surface area contributed by atoms with Gasteiger partial charge in [0.15, 0.2) is 10.7 Å². The average Bonchev–Trinajstić information content (AvgIpc) is 2.28. The van der Waals surface area contributed by atoms with E-state index < -0.39 is 15.8 Å². The minimum Gasteiger partial charge on any atom is -0.504 e. The Hall–Kier alpha value is -1.62. The molecule has 0 spiro atoms. The van der Waals surface area contributed by atoms with Crippen LogP contribution in [0.15, 0.2) is 41.1 Å². The highest BCUT2D eigenvalue weighted by molar-refractivity contribution is 7.89. The predicted molar refractivity (Wildman–Crippen MR) is 62.4 cm³/mol. The molecule has 90 valence electrons. The molecule has 0 amide bonds. The number of hydrogen-bond acceptors (Lipinski definition) is 4. The van der Waals surface area contributed by atoms with Crippen LogP contribution in [0, 0.1) is 5.39 Å². The largest absolute Gasteiger partial charge is 0.504 e. The fraction of sp³-hybridized carbons (Fsp3) is 0.111. The van der Waals surface area contributed by atoms with Crippen LogP contribution in [0.4, 0.5) is 0 Å². The van der Waals surface area contributed by atoms with Crippen LogP contribution in [-0.4, -0.2) is 20.1 Å².